The van der Waals surface area contributed by atoms with Crippen molar-refractivity contribution in [3.8, 4) is 27.8 Å². The Morgan fingerprint density at radius 1 is 1.03 bits per heavy atom. The number of thiazole rings is 1. The first-order valence-corrected chi connectivity index (χ1v) is 10.3. The summed E-state index contributed by atoms with van der Waals surface area (Å²) >= 11 is 1.28. The Hall–Kier alpha value is -3.59. The average molecular weight is 442 g/mol. The molecule has 162 valence electrons. The van der Waals surface area contributed by atoms with Crippen LogP contribution >= 0.6 is 11.3 Å². The first kappa shape index (κ1) is 22.1. The van der Waals surface area contributed by atoms with Gasteiger partial charge in [-0.25, -0.2) is 4.98 Å². The third kappa shape index (κ3) is 5.32. The van der Waals surface area contributed by atoms with Gasteiger partial charge in [0.25, 0.3) is 11.8 Å². The highest BCUT2D eigenvalue weighted by atomic mass is 32.1. The summed E-state index contributed by atoms with van der Waals surface area (Å²) in [6, 6.07) is 11.2. The van der Waals surface area contributed by atoms with E-state index in [2.05, 4.69) is 15.8 Å². The summed E-state index contributed by atoms with van der Waals surface area (Å²) in [5, 5.41) is 2.19. The molecule has 0 saturated carbocycles. The van der Waals surface area contributed by atoms with Gasteiger partial charge in [-0.05, 0) is 43.2 Å². The van der Waals surface area contributed by atoms with Gasteiger partial charge in [-0.1, -0.05) is 18.2 Å². The van der Waals surface area contributed by atoms with Crippen molar-refractivity contribution in [2.24, 2.45) is 0 Å². The Labute approximate surface area is 184 Å². The summed E-state index contributed by atoms with van der Waals surface area (Å²) in [6.45, 7) is 3.61. The van der Waals surface area contributed by atoms with Gasteiger partial charge >= 0.3 is 0 Å². The van der Waals surface area contributed by atoms with Crippen molar-refractivity contribution >= 4 is 23.2 Å². The van der Waals surface area contributed by atoms with Crippen LogP contribution in [0.3, 0.4) is 0 Å². The Morgan fingerprint density at radius 3 is 2.58 bits per heavy atom. The lowest BCUT2D eigenvalue weighted by Gasteiger charge is -2.11. The summed E-state index contributed by atoms with van der Waals surface area (Å²) in [5.41, 5.74) is 7.50. The number of hydrogen-bond acceptors (Lipinski definition) is 7. The first-order chi connectivity index (χ1) is 14.9. The van der Waals surface area contributed by atoms with E-state index in [-0.39, 0.29) is 12.3 Å². The maximum atomic E-state index is 12.4. The van der Waals surface area contributed by atoms with Gasteiger partial charge in [0.1, 0.15) is 16.5 Å². The molecule has 1 heterocycles. The molecule has 0 fully saturated rings. The summed E-state index contributed by atoms with van der Waals surface area (Å²) in [7, 11) is 3.09. The molecule has 2 aromatic carbocycles. The number of carbonyl (C=O) groups is 2. The molecule has 1 aromatic heterocycles. The van der Waals surface area contributed by atoms with Crippen LogP contribution in [0.1, 0.15) is 21.6 Å². The summed E-state index contributed by atoms with van der Waals surface area (Å²) in [6.07, 6.45) is 0. The molecule has 9 heteroatoms. The molecule has 2 N–H and O–H groups in total. The Balaban J connectivity index is 1.59. The lowest BCUT2D eigenvalue weighted by molar-refractivity contribution is -0.123. The molecule has 0 atom stereocenters. The number of hydrogen-bond donors (Lipinski definition) is 2. The maximum absolute atomic E-state index is 12.4. The van der Waals surface area contributed by atoms with Crippen molar-refractivity contribution in [1.82, 2.24) is 15.8 Å². The van der Waals surface area contributed by atoms with E-state index in [0.29, 0.717) is 27.8 Å². The summed E-state index contributed by atoms with van der Waals surface area (Å²) in [5.74, 6) is 0.696. The number of hydrazine groups is 1. The van der Waals surface area contributed by atoms with Crippen molar-refractivity contribution in [1.29, 1.82) is 0 Å². The molecule has 31 heavy (non-hydrogen) atoms. The number of rotatable bonds is 7. The molecular weight excluding hydrogens is 418 g/mol. The number of aryl methyl sites for hydroxylation is 2. The van der Waals surface area contributed by atoms with E-state index in [0.717, 1.165) is 11.1 Å². The van der Waals surface area contributed by atoms with E-state index < -0.39 is 11.8 Å². The number of amides is 2. The SMILES string of the molecule is COc1cccc(-c2nc(C(=O)NNC(=O)COc3cc(C)ccc3C)cs2)c1OC. The Bertz CT molecular complexity index is 1100. The number of nitrogens with zero attached hydrogens (tertiary/aromatic N) is 1. The van der Waals surface area contributed by atoms with Crippen LogP contribution in [0.5, 0.6) is 17.2 Å². The Kier molecular flexibility index (Phi) is 7.09. The van der Waals surface area contributed by atoms with Gasteiger partial charge in [0.05, 0.1) is 19.8 Å². The quantitative estimate of drug-likeness (QED) is 0.546. The van der Waals surface area contributed by atoms with Crippen LogP contribution in [0.2, 0.25) is 0 Å². The topological polar surface area (TPSA) is 98.8 Å². The van der Waals surface area contributed by atoms with Crippen LogP contribution in [-0.2, 0) is 4.79 Å². The zero-order chi connectivity index (χ0) is 22.4. The molecular formula is C22H23N3O5S. The fraction of sp³-hybridized carbons (Fsp3) is 0.227. The molecule has 0 saturated heterocycles. The van der Waals surface area contributed by atoms with E-state index in [1.54, 1.807) is 25.7 Å². The largest absolute Gasteiger partial charge is 0.493 e. The minimum Gasteiger partial charge on any atom is -0.493 e. The number of nitrogens with one attached hydrogen (secondary N) is 2. The van der Waals surface area contributed by atoms with E-state index >= 15 is 0 Å². The van der Waals surface area contributed by atoms with Crippen LogP contribution in [0, 0.1) is 13.8 Å². The summed E-state index contributed by atoms with van der Waals surface area (Å²) in [4.78, 5) is 28.7. The number of para-hydroxylation sites is 1. The molecule has 0 aliphatic heterocycles. The average Bonchev–Trinajstić information content (AvgIpc) is 3.27. The van der Waals surface area contributed by atoms with Gasteiger partial charge in [0.2, 0.25) is 0 Å². The van der Waals surface area contributed by atoms with Gasteiger partial charge in [-0.2, -0.15) is 0 Å². The lowest BCUT2D eigenvalue weighted by Crippen LogP contribution is -2.44. The molecule has 3 aromatic rings. The van der Waals surface area contributed by atoms with Crippen molar-refractivity contribution in [3.05, 3.63) is 58.6 Å². The number of carbonyl (C=O) groups excluding carboxylic acids is 2. The van der Waals surface area contributed by atoms with Gasteiger partial charge < -0.3 is 14.2 Å². The highest BCUT2D eigenvalue weighted by molar-refractivity contribution is 7.13. The first-order valence-electron chi connectivity index (χ1n) is 9.39. The molecule has 0 aliphatic rings. The Morgan fingerprint density at radius 2 is 1.84 bits per heavy atom. The monoisotopic (exact) mass is 441 g/mol. The minimum absolute atomic E-state index is 0.167. The zero-order valence-electron chi connectivity index (χ0n) is 17.6. The maximum Gasteiger partial charge on any atom is 0.289 e. The lowest BCUT2D eigenvalue weighted by atomic mass is 10.1. The number of methoxy groups -OCH3 is 2. The number of benzene rings is 2. The third-order valence-corrected chi connectivity index (χ3v) is 5.26. The standard InChI is InChI=1S/C22H23N3O5S/c1-13-8-9-14(2)18(10-13)30-11-19(26)24-25-21(27)16-12-31-22(23-16)15-6-5-7-17(28-3)20(15)29-4/h5-10,12H,11H2,1-4H3,(H,24,26)(H,25,27). The van der Waals surface area contributed by atoms with E-state index in [1.165, 1.54) is 11.3 Å². The second kappa shape index (κ2) is 9.94. The van der Waals surface area contributed by atoms with Crippen LogP contribution in [0.15, 0.2) is 41.8 Å². The molecule has 0 spiro atoms. The predicted octanol–water partition coefficient (Wildman–Crippen LogP) is 3.28. The molecule has 0 unspecified atom stereocenters. The number of ether oxygens (including phenoxy) is 3. The van der Waals surface area contributed by atoms with E-state index in [4.69, 9.17) is 14.2 Å². The van der Waals surface area contributed by atoms with Crippen molar-refractivity contribution in [2.45, 2.75) is 13.8 Å². The second-order valence-corrected chi connectivity index (χ2v) is 7.50. The van der Waals surface area contributed by atoms with Gasteiger partial charge in [0, 0.05) is 5.38 Å². The van der Waals surface area contributed by atoms with Crippen molar-refractivity contribution < 1.29 is 23.8 Å². The van der Waals surface area contributed by atoms with Gasteiger partial charge in [-0.3, -0.25) is 20.4 Å². The van der Waals surface area contributed by atoms with Crippen LogP contribution in [0.25, 0.3) is 10.6 Å². The smallest absolute Gasteiger partial charge is 0.289 e. The fourth-order valence-corrected chi connectivity index (χ4v) is 3.61. The predicted molar refractivity (Wildman–Crippen MR) is 118 cm³/mol. The van der Waals surface area contributed by atoms with Crippen molar-refractivity contribution in [2.75, 3.05) is 20.8 Å². The minimum atomic E-state index is -0.538. The van der Waals surface area contributed by atoms with E-state index in [9.17, 15) is 9.59 Å². The zero-order valence-corrected chi connectivity index (χ0v) is 18.5. The van der Waals surface area contributed by atoms with Crippen LogP contribution < -0.4 is 25.1 Å². The van der Waals surface area contributed by atoms with Crippen LogP contribution in [0.4, 0.5) is 0 Å². The van der Waals surface area contributed by atoms with E-state index in [1.807, 2.05) is 44.2 Å². The molecule has 8 nitrogen and oxygen atoms in total. The van der Waals surface area contributed by atoms with Gasteiger partial charge in [-0.15, -0.1) is 11.3 Å². The highest BCUT2D eigenvalue weighted by Gasteiger charge is 2.17. The molecule has 0 aliphatic carbocycles. The van der Waals surface area contributed by atoms with Gasteiger partial charge in [0.15, 0.2) is 18.1 Å². The van der Waals surface area contributed by atoms with Crippen molar-refractivity contribution in [3.63, 3.8) is 0 Å². The third-order valence-electron chi connectivity index (χ3n) is 4.39. The number of aromatic nitrogens is 1. The molecule has 3 rings (SSSR count). The molecule has 0 bridgehead atoms. The highest BCUT2D eigenvalue weighted by Crippen LogP contribution is 2.38. The normalized spacial score (nSPS) is 10.3. The molecule has 0 radical (unpaired) electrons. The molecule has 2 amide bonds. The fourth-order valence-electron chi connectivity index (χ4n) is 2.79. The van der Waals surface area contributed by atoms with Crippen LogP contribution in [-0.4, -0.2) is 37.6 Å². The summed E-state index contributed by atoms with van der Waals surface area (Å²) < 4.78 is 16.2. The second-order valence-electron chi connectivity index (χ2n) is 6.64.